The van der Waals surface area contributed by atoms with E-state index in [2.05, 4.69) is 22.8 Å². The molecule has 0 saturated heterocycles. The number of nitriles is 1. The van der Waals surface area contributed by atoms with Crippen LogP contribution in [-0.2, 0) is 6.54 Å². The number of hydrogen-bond donors (Lipinski definition) is 1. The Hall–Kier alpha value is -1.88. The largest absolute Gasteiger partial charge is 0.395 e. The second-order valence-corrected chi connectivity index (χ2v) is 4.40. The Balaban J connectivity index is 2.80. The second kappa shape index (κ2) is 9.09. The van der Waals surface area contributed by atoms with Crippen molar-refractivity contribution < 1.29 is 9.50 Å². The molecule has 4 heteroatoms. The highest BCUT2D eigenvalue weighted by Gasteiger charge is 2.05. The van der Waals surface area contributed by atoms with Crippen molar-refractivity contribution in [2.45, 2.75) is 26.3 Å². The van der Waals surface area contributed by atoms with E-state index < -0.39 is 0 Å². The van der Waals surface area contributed by atoms with Crippen LogP contribution in [-0.4, -0.2) is 29.7 Å². The summed E-state index contributed by atoms with van der Waals surface area (Å²) in [5.74, 6) is 5.31. The minimum absolute atomic E-state index is 0.00689. The van der Waals surface area contributed by atoms with E-state index in [1.807, 2.05) is 13.0 Å². The molecule has 106 valence electrons. The minimum Gasteiger partial charge on any atom is -0.395 e. The fourth-order valence-electron chi connectivity index (χ4n) is 1.85. The molecule has 1 rings (SSSR count). The van der Waals surface area contributed by atoms with Gasteiger partial charge in [0.1, 0.15) is 5.82 Å². The van der Waals surface area contributed by atoms with E-state index in [1.165, 1.54) is 12.1 Å². The molecule has 1 aromatic carbocycles. The zero-order chi connectivity index (χ0) is 14.8. The maximum Gasteiger partial charge on any atom is 0.124 e. The standard InChI is InChI=1S/C16H19FN2O/c1-2-19(8-5-7-18)13-15-10-14(6-3-4-9-20)11-16(17)12-15/h10-12,20H,2,4-5,8-9,13H2,1H3. The maximum atomic E-state index is 13.6. The Labute approximate surface area is 119 Å². The number of benzene rings is 1. The Morgan fingerprint density at radius 3 is 2.75 bits per heavy atom. The topological polar surface area (TPSA) is 47.3 Å². The average molecular weight is 274 g/mol. The van der Waals surface area contributed by atoms with Crippen LogP contribution < -0.4 is 0 Å². The quantitative estimate of drug-likeness (QED) is 0.810. The molecule has 0 aliphatic rings. The highest BCUT2D eigenvalue weighted by atomic mass is 19.1. The highest BCUT2D eigenvalue weighted by Crippen LogP contribution is 2.11. The molecule has 0 aliphatic heterocycles. The molecule has 0 amide bonds. The normalized spacial score (nSPS) is 9.95. The zero-order valence-electron chi connectivity index (χ0n) is 11.7. The third-order valence-electron chi connectivity index (χ3n) is 2.82. The summed E-state index contributed by atoms with van der Waals surface area (Å²) in [7, 11) is 0. The van der Waals surface area contributed by atoms with Gasteiger partial charge in [0.15, 0.2) is 0 Å². The van der Waals surface area contributed by atoms with Crippen molar-refractivity contribution in [2.24, 2.45) is 0 Å². The smallest absolute Gasteiger partial charge is 0.124 e. The predicted octanol–water partition coefficient (Wildman–Crippen LogP) is 2.30. The Morgan fingerprint density at radius 1 is 1.30 bits per heavy atom. The van der Waals surface area contributed by atoms with Gasteiger partial charge in [0.05, 0.1) is 12.7 Å². The number of aliphatic hydroxyl groups excluding tert-OH is 1. The van der Waals surface area contributed by atoms with Crippen LogP contribution in [0.3, 0.4) is 0 Å². The fraction of sp³-hybridized carbons (Fsp3) is 0.438. The summed E-state index contributed by atoms with van der Waals surface area (Å²) >= 11 is 0. The summed E-state index contributed by atoms with van der Waals surface area (Å²) in [5, 5.41) is 17.3. The van der Waals surface area contributed by atoms with Gasteiger partial charge in [-0.25, -0.2) is 4.39 Å². The van der Waals surface area contributed by atoms with E-state index in [1.54, 1.807) is 0 Å². The van der Waals surface area contributed by atoms with Crippen LogP contribution in [0.2, 0.25) is 0 Å². The molecule has 0 unspecified atom stereocenters. The molecular formula is C16H19FN2O. The molecule has 0 heterocycles. The van der Waals surface area contributed by atoms with Gasteiger partial charge in [-0.3, -0.25) is 4.90 Å². The molecule has 0 spiro atoms. The van der Waals surface area contributed by atoms with Gasteiger partial charge in [-0.05, 0) is 30.3 Å². The van der Waals surface area contributed by atoms with Gasteiger partial charge in [0.2, 0.25) is 0 Å². The van der Waals surface area contributed by atoms with E-state index in [0.29, 0.717) is 31.5 Å². The van der Waals surface area contributed by atoms with Crippen molar-refractivity contribution in [3.8, 4) is 17.9 Å². The fourth-order valence-corrected chi connectivity index (χ4v) is 1.85. The lowest BCUT2D eigenvalue weighted by atomic mass is 10.1. The van der Waals surface area contributed by atoms with E-state index >= 15 is 0 Å². The first-order valence-electron chi connectivity index (χ1n) is 6.68. The minimum atomic E-state index is -0.313. The Kier molecular flexibility index (Phi) is 7.35. The van der Waals surface area contributed by atoms with Crippen LogP contribution in [0, 0.1) is 29.0 Å². The molecule has 0 saturated carbocycles. The predicted molar refractivity (Wildman–Crippen MR) is 76.2 cm³/mol. The number of aliphatic hydroxyl groups is 1. The third-order valence-corrected chi connectivity index (χ3v) is 2.82. The zero-order valence-corrected chi connectivity index (χ0v) is 11.7. The maximum absolute atomic E-state index is 13.6. The van der Waals surface area contributed by atoms with E-state index in [-0.39, 0.29) is 12.4 Å². The van der Waals surface area contributed by atoms with Gasteiger partial charge >= 0.3 is 0 Å². The van der Waals surface area contributed by atoms with Gasteiger partial charge in [-0.1, -0.05) is 18.8 Å². The van der Waals surface area contributed by atoms with Crippen molar-refractivity contribution in [2.75, 3.05) is 19.7 Å². The molecule has 20 heavy (non-hydrogen) atoms. The van der Waals surface area contributed by atoms with Crippen LogP contribution in [0.4, 0.5) is 4.39 Å². The monoisotopic (exact) mass is 274 g/mol. The lowest BCUT2D eigenvalue weighted by Gasteiger charge is -2.19. The van der Waals surface area contributed by atoms with E-state index in [0.717, 1.165) is 12.1 Å². The highest BCUT2D eigenvalue weighted by molar-refractivity contribution is 5.37. The van der Waals surface area contributed by atoms with Crippen LogP contribution >= 0.6 is 0 Å². The SMILES string of the molecule is CCN(CCC#N)Cc1cc(F)cc(C#CCCO)c1. The number of hydrogen-bond acceptors (Lipinski definition) is 3. The summed E-state index contributed by atoms with van der Waals surface area (Å²) in [6, 6.07) is 6.84. The first-order chi connectivity index (χ1) is 9.69. The molecule has 0 aromatic heterocycles. The van der Waals surface area contributed by atoms with Gasteiger partial charge < -0.3 is 5.11 Å². The number of rotatable bonds is 6. The summed E-state index contributed by atoms with van der Waals surface area (Å²) < 4.78 is 13.6. The Bertz CT molecular complexity index is 526. The molecule has 0 fully saturated rings. The molecule has 0 bridgehead atoms. The van der Waals surface area contributed by atoms with Gasteiger partial charge in [0, 0.05) is 31.5 Å². The van der Waals surface area contributed by atoms with Crippen molar-refractivity contribution in [3.05, 3.63) is 35.1 Å². The molecule has 0 atom stereocenters. The van der Waals surface area contributed by atoms with Crippen LogP contribution in [0.25, 0.3) is 0 Å². The summed E-state index contributed by atoms with van der Waals surface area (Å²) in [4.78, 5) is 2.09. The molecule has 1 N–H and O–H groups in total. The molecular weight excluding hydrogens is 255 g/mol. The van der Waals surface area contributed by atoms with Gasteiger partial charge in [-0.2, -0.15) is 5.26 Å². The lowest BCUT2D eigenvalue weighted by Crippen LogP contribution is -2.23. The van der Waals surface area contributed by atoms with Crippen molar-refractivity contribution in [1.29, 1.82) is 5.26 Å². The molecule has 0 radical (unpaired) electrons. The average Bonchev–Trinajstić information content (AvgIpc) is 2.43. The molecule has 1 aromatic rings. The molecule has 0 aliphatic carbocycles. The van der Waals surface area contributed by atoms with E-state index in [9.17, 15) is 4.39 Å². The van der Waals surface area contributed by atoms with Gasteiger partial charge in [0.25, 0.3) is 0 Å². The van der Waals surface area contributed by atoms with Crippen molar-refractivity contribution in [3.63, 3.8) is 0 Å². The third kappa shape index (κ3) is 5.84. The number of nitrogens with zero attached hydrogens (tertiary/aromatic N) is 2. The first-order valence-corrected chi connectivity index (χ1v) is 6.68. The van der Waals surface area contributed by atoms with E-state index in [4.69, 9.17) is 10.4 Å². The summed E-state index contributed by atoms with van der Waals surface area (Å²) in [5.41, 5.74) is 1.46. The van der Waals surface area contributed by atoms with Crippen LogP contribution in [0.1, 0.15) is 30.9 Å². The van der Waals surface area contributed by atoms with Crippen molar-refractivity contribution in [1.82, 2.24) is 4.90 Å². The second-order valence-electron chi connectivity index (χ2n) is 4.40. The molecule has 3 nitrogen and oxygen atoms in total. The van der Waals surface area contributed by atoms with Gasteiger partial charge in [-0.15, -0.1) is 0 Å². The van der Waals surface area contributed by atoms with Crippen LogP contribution in [0.5, 0.6) is 0 Å². The first kappa shape index (κ1) is 16.2. The van der Waals surface area contributed by atoms with Crippen molar-refractivity contribution >= 4 is 0 Å². The lowest BCUT2D eigenvalue weighted by molar-refractivity contribution is 0.286. The summed E-state index contributed by atoms with van der Waals surface area (Å²) in [6.45, 7) is 4.11. The summed E-state index contributed by atoms with van der Waals surface area (Å²) in [6.07, 6.45) is 0.849. The van der Waals surface area contributed by atoms with Crippen LogP contribution in [0.15, 0.2) is 18.2 Å². The number of halogens is 1. The Morgan fingerprint density at radius 2 is 2.10 bits per heavy atom.